The van der Waals surface area contributed by atoms with E-state index in [0.717, 1.165) is 5.69 Å². The standard InChI is InChI=1S/C15H12N6O3/c22-12-7-5-11(6-8-12)17-19-15-16-13(18-20-15)9-1-3-10(4-2-9)14(23)21-24/h1-8,17,22H,(H2,16,18,19,20). The van der Waals surface area contributed by atoms with Gasteiger partial charge in [-0.25, -0.2) is 0 Å². The summed E-state index contributed by atoms with van der Waals surface area (Å²) >= 11 is 0. The van der Waals surface area contributed by atoms with Gasteiger partial charge in [0.1, 0.15) is 5.75 Å². The molecule has 0 saturated heterocycles. The van der Waals surface area contributed by atoms with E-state index in [-0.39, 0.29) is 11.3 Å². The van der Waals surface area contributed by atoms with Crippen LogP contribution in [0.5, 0.6) is 5.75 Å². The number of nitrogens with one attached hydrogen (secondary N) is 3. The minimum Gasteiger partial charge on any atom is -0.508 e. The van der Waals surface area contributed by atoms with Crippen LogP contribution in [-0.2, 0) is 0 Å². The molecule has 0 spiro atoms. The molecule has 0 aliphatic rings. The molecule has 0 atom stereocenters. The fraction of sp³-hybridized carbons (Fsp3) is 0. The first-order chi connectivity index (χ1) is 11.7. The molecule has 1 heterocycles. The Bertz CT molecular complexity index is 858. The lowest BCUT2D eigenvalue weighted by molar-refractivity contribution is 0.100. The van der Waals surface area contributed by atoms with Crippen LogP contribution in [0.4, 0.5) is 11.6 Å². The summed E-state index contributed by atoms with van der Waals surface area (Å²) in [5.41, 5.74) is 7.33. The molecule has 1 amide bonds. The van der Waals surface area contributed by atoms with Gasteiger partial charge in [0.2, 0.25) is 0 Å². The number of phenols is 1. The zero-order valence-electron chi connectivity index (χ0n) is 12.2. The molecule has 0 saturated carbocycles. The molecule has 2 aromatic carbocycles. The first-order valence-corrected chi connectivity index (χ1v) is 6.87. The molecular formula is C15H12N6O3. The van der Waals surface area contributed by atoms with Crippen LogP contribution in [-0.4, -0.2) is 26.2 Å². The van der Waals surface area contributed by atoms with Gasteiger partial charge in [0.25, 0.3) is 5.95 Å². The van der Waals surface area contributed by atoms with Gasteiger partial charge in [-0.1, -0.05) is 12.1 Å². The maximum absolute atomic E-state index is 11.2. The Hall–Kier alpha value is -3.75. The number of nitrogens with zero attached hydrogens (tertiary/aromatic N) is 3. The highest BCUT2D eigenvalue weighted by Crippen LogP contribution is 2.18. The van der Waals surface area contributed by atoms with Gasteiger partial charge in [-0.2, -0.15) is 4.98 Å². The molecule has 0 aliphatic carbocycles. The van der Waals surface area contributed by atoms with Crippen molar-refractivity contribution in [2.75, 3.05) is 10.9 Å². The average Bonchev–Trinajstić information content (AvgIpc) is 3.10. The third-order valence-corrected chi connectivity index (χ3v) is 3.16. The van der Waals surface area contributed by atoms with Crippen LogP contribution in [0.25, 0.3) is 11.4 Å². The summed E-state index contributed by atoms with van der Waals surface area (Å²) in [5, 5.41) is 18.3. The van der Waals surface area contributed by atoms with Gasteiger partial charge in [-0.05, 0) is 36.4 Å². The number of benzene rings is 2. The third kappa shape index (κ3) is 3.35. The number of carbonyl (C=O) groups is 1. The number of phenolic OH excluding ortho intramolecular Hbond substituents is 1. The number of anilines is 2. The van der Waals surface area contributed by atoms with Crippen molar-refractivity contribution in [2.45, 2.75) is 0 Å². The zero-order chi connectivity index (χ0) is 16.9. The number of rotatable bonds is 5. The van der Waals surface area contributed by atoms with Gasteiger partial charge in [0.05, 0.1) is 5.69 Å². The highest BCUT2D eigenvalue weighted by atomic mass is 16.3. The number of aromatic hydroxyl groups is 1. The predicted octanol–water partition coefficient (Wildman–Crippen LogP) is 2.52. The van der Waals surface area contributed by atoms with E-state index in [2.05, 4.69) is 31.2 Å². The van der Waals surface area contributed by atoms with Crippen LogP contribution in [0.3, 0.4) is 0 Å². The molecule has 9 heteroatoms. The largest absolute Gasteiger partial charge is 0.508 e. The summed E-state index contributed by atoms with van der Waals surface area (Å²) in [6, 6.07) is 12.7. The smallest absolute Gasteiger partial charge is 0.316 e. The van der Waals surface area contributed by atoms with Crippen LogP contribution in [0.15, 0.2) is 53.7 Å². The molecule has 3 rings (SSSR count). The van der Waals surface area contributed by atoms with E-state index < -0.39 is 5.91 Å². The minimum absolute atomic E-state index is 0.174. The Morgan fingerprint density at radius 3 is 2.42 bits per heavy atom. The van der Waals surface area contributed by atoms with Crippen molar-refractivity contribution < 1.29 is 9.90 Å². The second kappa shape index (κ2) is 6.57. The molecule has 0 fully saturated rings. The summed E-state index contributed by atoms with van der Waals surface area (Å²) in [7, 11) is 0. The molecule has 4 N–H and O–H groups in total. The Labute approximate surface area is 135 Å². The first-order valence-electron chi connectivity index (χ1n) is 6.87. The van der Waals surface area contributed by atoms with E-state index in [1.54, 1.807) is 36.4 Å². The van der Waals surface area contributed by atoms with Crippen molar-refractivity contribution in [1.82, 2.24) is 15.2 Å². The number of hydrogen-bond donors (Lipinski definition) is 4. The quantitative estimate of drug-likeness (QED) is 0.322. The number of carbonyl (C=O) groups excluding carboxylic acids is 1. The normalized spacial score (nSPS) is 10.2. The van der Waals surface area contributed by atoms with Crippen molar-refractivity contribution in [1.29, 1.82) is 0 Å². The second-order valence-electron chi connectivity index (χ2n) is 4.78. The van der Waals surface area contributed by atoms with Gasteiger partial charge in [0.15, 0.2) is 5.82 Å². The average molecular weight is 324 g/mol. The number of aromatic amines is 1. The molecule has 9 nitrogen and oxygen atoms in total. The molecule has 0 bridgehead atoms. The first kappa shape index (κ1) is 15.2. The van der Waals surface area contributed by atoms with E-state index in [1.807, 2.05) is 0 Å². The van der Waals surface area contributed by atoms with Crippen LogP contribution in [0.2, 0.25) is 0 Å². The van der Waals surface area contributed by atoms with E-state index in [1.165, 1.54) is 12.1 Å². The van der Waals surface area contributed by atoms with Crippen LogP contribution in [0.1, 0.15) is 10.4 Å². The number of H-pyrrole nitrogens is 1. The van der Waals surface area contributed by atoms with Crippen LogP contribution < -0.4 is 10.9 Å². The lowest BCUT2D eigenvalue weighted by Gasteiger charge is -2.05. The number of amides is 1. The molecule has 0 aliphatic heterocycles. The molecule has 120 valence electrons. The summed E-state index contributed by atoms with van der Waals surface area (Å²) in [6.45, 7) is 0. The highest BCUT2D eigenvalue weighted by Gasteiger charge is 2.08. The third-order valence-electron chi connectivity index (χ3n) is 3.16. The number of nitroso groups, excluding NO2 is 1. The van der Waals surface area contributed by atoms with Crippen LogP contribution >= 0.6 is 0 Å². The van der Waals surface area contributed by atoms with E-state index in [9.17, 15) is 14.8 Å². The molecule has 1 aromatic heterocycles. The fourth-order valence-electron chi connectivity index (χ4n) is 1.94. The van der Waals surface area contributed by atoms with Crippen molar-refractivity contribution >= 4 is 17.5 Å². The molecule has 24 heavy (non-hydrogen) atoms. The highest BCUT2D eigenvalue weighted by molar-refractivity contribution is 5.95. The predicted molar refractivity (Wildman–Crippen MR) is 87.3 cm³/mol. The SMILES string of the molecule is O=NC(=O)c1ccc(-c2nc(NNc3ccc(O)cc3)n[nH]2)cc1. The van der Waals surface area contributed by atoms with E-state index >= 15 is 0 Å². The molecular weight excluding hydrogens is 312 g/mol. The fourth-order valence-corrected chi connectivity index (χ4v) is 1.94. The molecule has 3 aromatic rings. The summed E-state index contributed by atoms with van der Waals surface area (Å²) in [6.07, 6.45) is 0. The maximum atomic E-state index is 11.2. The van der Waals surface area contributed by atoms with E-state index in [4.69, 9.17) is 0 Å². The lowest BCUT2D eigenvalue weighted by atomic mass is 10.1. The van der Waals surface area contributed by atoms with Crippen molar-refractivity contribution in [3.05, 3.63) is 59.0 Å². The Morgan fingerprint density at radius 1 is 1.04 bits per heavy atom. The Kier molecular flexibility index (Phi) is 4.15. The van der Waals surface area contributed by atoms with Crippen LogP contribution in [0, 0.1) is 4.91 Å². The molecule has 0 radical (unpaired) electrons. The maximum Gasteiger partial charge on any atom is 0.316 e. The monoisotopic (exact) mass is 324 g/mol. The summed E-state index contributed by atoms with van der Waals surface area (Å²) < 4.78 is 0. The van der Waals surface area contributed by atoms with Crippen molar-refractivity contribution in [3.63, 3.8) is 0 Å². The second-order valence-corrected chi connectivity index (χ2v) is 4.78. The summed E-state index contributed by atoms with van der Waals surface area (Å²) in [5.74, 6) is 0.155. The summed E-state index contributed by atoms with van der Waals surface area (Å²) in [4.78, 5) is 25.6. The number of hydrazine groups is 1. The lowest BCUT2D eigenvalue weighted by Crippen LogP contribution is -2.09. The molecule has 0 unspecified atom stereocenters. The van der Waals surface area contributed by atoms with Crippen molar-refractivity contribution in [3.8, 4) is 17.1 Å². The van der Waals surface area contributed by atoms with Gasteiger partial charge < -0.3 is 5.11 Å². The van der Waals surface area contributed by atoms with E-state index in [0.29, 0.717) is 17.3 Å². The van der Waals surface area contributed by atoms with Gasteiger partial charge >= 0.3 is 5.91 Å². The number of aromatic nitrogens is 3. The van der Waals surface area contributed by atoms with Gasteiger partial charge in [0, 0.05) is 16.3 Å². The number of hydrogen-bond acceptors (Lipinski definition) is 7. The van der Waals surface area contributed by atoms with Gasteiger partial charge in [-0.3, -0.25) is 20.7 Å². The van der Waals surface area contributed by atoms with Gasteiger partial charge in [-0.15, -0.1) is 10.0 Å². The van der Waals surface area contributed by atoms with Crippen molar-refractivity contribution in [2.24, 2.45) is 5.18 Å². The minimum atomic E-state index is -0.820. The topological polar surface area (TPSA) is 132 Å². The Morgan fingerprint density at radius 2 is 1.75 bits per heavy atom. The zero-order valence-corrected chi connectivity index (χ0v) is 12.2. The Balaban J connectivity index is 1.67.